The minimum absolute atomic E-state index is 0.240. The second-order valence-corrected chi connectivity index (χ2v) is 4.91. The van der Waals surface area contributed by atoms with Crippen LogP contribution >= 0.6 is 0 Å². The molecule has 0 fully saturated rings. The van der Waals surface area contributed by atoms with Gasteiger partial charge in [-0.15, -0.1) is 0 Å². The van der Waals surface area contributed by atoms with E-state index in [1.165, 1.54) is 0 Å². The summed E-state index contributed by atoms with van der Waals surface area (Å²) in [5.41, 5.74) is -0.561. The first-order chi connectivity index (χ1) is 3.89. The zero-order valence-corrected chi connectivity index (χ0v) is 8.43. The van der Waals surface area contributed by atoms with Gasteiger partial charge in [-0.3, -0.25) is 0 Å². The molecule has 0 spiro atoms. The molecule has 0 saturated carbocycles. The van der Waals surface area contributed by atoms with Gasteiger partial charge in [-0.1, -0.05) is 0 Å². The van der Waals surface area contributed by atoms with Gasteiger partial charge in [0.15, 0.2) is 0 Å². The van der Waals surface area contributed by atoms with Crippen molar-refractivity contribution in [1.29, 1.82) is 0 Å². The van der Waals surface area contributed by atoms with Crippen LogP contribution in [0.3, 0.4) is 0 Å². The fourth-order valence-corrected chi connectivity index (χ4v) is 0.494. The SMILES string of the molecule is CC([TeH])C(C)(C)C(=O)O. The molecule has 9 heavy (non-hydrogen) atoms. The van der Waals surface area contributed by atoms with Gasteiger partial charge < -0.3 is 0 Å². The monoisotopic (exact) mass is 246 g/mol. The van der Waals surface area contributed by atoms with E-state index in [1.807, 2.05) is 6.92 Å². The molecule has 0 aromatic rings. The molecule has 3 heteroatoms. The van der Waals surface area contributed by atoms with E-state index >= 15 is 0 Å². The van der Waals surface area contributed by atoms with E-state index in [4.69, 9.17) is 5.11 Å². The van der Waals surface area contributed by atoms with Gasteiger partial charge in [0, 0.05) is 0 Å². The number of aliphatic carboxylic acids is 1. The molecule has 0 aliphatic carbocycles. The van der Waals surface area contributed by atoms with Crippen molar-refractivity contribution in [2.75, 3.05) is 0 Å². The Bertz CT molecular complexity index is 118. The van der Waals surface area contributed by atoms with Crippen molar-refractivity contribution in [3.63, 3.8) is 0 Å². The van der Waals surface area contributed by atoms with Crippen molar-refractivity contribution in [3.8, 4) is 0 Å². The van der Waals surface area contributed by atoms with Crippen LogP contribution in [-0.2, 0) is 4.79 Å². The Kier molecular flexibility index (Phi) is 2.98. The summed E-state index contributed by atoms with van der Waals surface area (Å²) < 4.78 is 0.240. The molecular weight excluding hydrogens is 232 g/mol. The summed E-state index contributed by atoms with van der Waals surface area (Å²) in [6, 6.07) is 0. The Morgan fingerprint density at radius 1 is 1.67 bits per heavy atom. The van der Waals surface area contributed by atoms with Crippen molar-refractivity contribution in [1.82, 2.24) is 0 Å². The summed E-state index contributed by atoms with van der Waals surface area (Å²) in [7, 11) is 0. The third kappa shape index (κ3) is 2.15. The van der Waals surface area contributed by atoms with Gasteiger partial charge >= 0.3 is 68.3 Å². The summed E-state index contributed by atoms with van der Waals surface area (Å²) in [6.07, 6.45) is 0. The van der Waals surface area contributed by atoms with Crippen molar-refractivity contribution in [2.24, 2.45) is 5.41 Å². The van der Waals surface area contributed by atoms with Gasteiger partial charge in [-0.25, -0.2) is 0 Å². The molecule has 0 aliphatic rings. The van der Waals surface area contributed by atoms with Crippen LogP contribution in [0.2, 0.25) is 3.97 Å². The third-order valence-electron chi connectivity index (χ3n) is 1.60. The van der Waals surface area contributed by atoms with Gasteiger partial charge in [-0.05, 0) is 0 Å². The fraction of sp³-hybridized carbons (Fsp3) is 0.833. The summed E-state index contributed by atoms with van der Waals surface area (Å²) in [4.78, 5) is 10.5. The predicted octanol–water partition coefficient (Wildman–Crippen LogP) is 0.806. The first kappa shape index (κ1) is 9.26. The van der Waals surface area contributed by atoms with Crippen LogP contribution in [0.25, 0.3) is 0 Å². The van der Waals surface area contributed by atoms with E-state index in [0.29, 0.717) is 0 Å². The van der Waals surface area contributed by atoms with Gasteiger partial charge in [0.2, 0.25) is 0 Å². The van der Waals surface area contributed by atoms with E-state index in [9.17, 15) is 4.79 Å². The molecule has 1 atom stereocenters. The molecule has 0 aromatic heterocycles. The first-order valence-corrected chi connectivity index (χ1v) is 4.28. The standard InChI is InChI=1S/C6H12O2Te/c1-4(9)6(2,3)5(7)8/h4,9H,1-3H3,(H,7,8). The second kappa shape index (κ2) is 2.90. The van der Waals surface area contributed by atoms with Gasteiger partial charge in [0.05, 0.1) is 0 Å². The number of rotatable bonds is 2. The number of hydrogen-bond acceptors (Lipinski definition) is 1. The Morgan fingerprint density at radius 3 is 2.00 bits per heavy atom. The summed E-state index contributed by atoms with van der Waals surface area (Å²) >= 11 is 1.56. The number of hydrogen-bond donors (Lipinski definition) is 1. The van der Waals surface area contributed by atoms with Crippen LogP contribution in [0.1, 0.15) is 20.8 Å². The van der Waals surface area contributed by atoms with Crippen LogP contribution in [0.5, 0.6) is 0 Å². The first-order valence-electron chi connectivity index (χ1n) is 2.80. The summed E-state index contributed by atoms with van der Waals surface area (Å²) in [6.45, 7) is 5.43. The van der Waals surface area contributed by atoms with Crippen LogP contribution in [0, 0.1) is 5.41 Å². The molecular formula is C6H12O2Te. The van der Waals surface area contributed by atoms with Crippen molar-refractivity contribution < 1.29 is 9.90 Å². The fourth-order valence-electron chi connectivity index (χ4n) is 0.179. The maximum absolute atomic E-state index is 10.5. The van der Waals surface area contributed by atoms with Crippen molar-refractivity contribution >= 4 is 28.3 Å². The Labute approximate surface area is 68.5 Å². The molecule has 0 saturated heterocycles. The van der Waals surface area contributed by atoms with E-state index in [0.717, 1.165) is 0 Å². The molecule has 2 nitrogen and oxygen atoms in total. The maximum atomic E-state index is 10.5. The van der Waals surface area contributed by atoms with E-state index < -0.39 is 11.4 Å². The molecule has 1 N–H and O–H groups in total. The van der Waals surface area contributed by atoms with E-state index in [2.05, 4.69) is 0 Å². The molecule has 0 radical (unpaired) electrons. The molecule has 54 valence electrons. The minimum atomic E-state index is -0.712. The topological polar surface area (TPSA) is 37.3 Å². The van der Waals surface area contributed by atoms with Gasteiger partial charge in [0.1, 0.15) is 0 Å². The molecule has 0 rings (SSSR count). The predicted molar refractivity (Wildman–Crippen MR) is 38.0 cm³/mol. The van der Waals surface area contributed by atoms with Crippen LogP contribution in [0.15, 0.2) is 0 Å². The number of carboxylic acid groups (broad SMARTS) is 1. The Hall–Kier alpha value is 0.260. The number of carboxylic acids is 1. The summed E-state index contributed by atoms with van der Waals surface area (Å²) in [5, 5.41) is 8.62. The molecule has 0 amide bonds. The Morgan fingerprint density at radius 2 is 2.00 bits per heavy atom. The average Bonchev–Trinajstić information content (AvgIpc) is 1.65. The molecule has 0 bridgehead atoms. The summed E-state index contributed by atoms with van der Waals surface area (Å²) in [5.74, 6) is -0.712. The Balaban J connectivity index is 4.19. The second-order valence-electron chi connectivity index (χ2n) is 2.70. The zero-order chi connectivity index (χ0) is 7.65. The third-order valence-corrected chi connectivity index (χ3v) is 3.44. The zero-order valence-electron chi connectivity index (χ0n) is 5.88. The van der Waals surface area contributed by atoms with Crippen molar-refractivity contribution in [2.45, 2.75) is 24.7 Å². The van der Waals surface area contributed by atoms with Crippen molar-refractivity contribution in [3.05, 3.63) is 0 Å². The van der Waals surface area contributed by atoms with Crippen LogP contribution < -0.4 is 0 Å². The molecule has 0 aromatic carbocycles. The number of carbonyl (C=O) groups is 1. The van der Waals surface area contributed by atoms with Gasteiger partial charge in [-0.2, -0.15) is 0 Å². The molecule has 0 aliphatic heterocycles. The quantitative estimate of drug-likeness (QED) is 0.729. The average molecular weight is 244 g/mol. The van der Waals surface area contributed by atoms with E-state index in [-0.39, 0.29) is 3.97 Å². The van der Waals surface area contributed by atoms with Crippen LogP contribution in [0.4, 0.5) is 0 Å². The van der Waals surface area contributed by atoms with Crippen LogP contribution in [-0.4, -0.2) is 33.4 Å². The van der Waals surface area contributed by atoms with Gasteiger partial charge in [0.25, 0.3) is 0 Å². The normalized spacial score (nSPS) is 15.1. The molecule has 0 heterocycles. The van der Waals surface area contributed by atoms with E-state index in [1.54, 1.807) is 36.1 Å². The molecule has 1 unspecified atom stereocenters.